The number of fused-ring (bicyclic) bond motifs is 2. The molecule has 32 heavy (non-hydrogen) atoms. The molecule has 0 radical (unpaired) electrons. The number of H-pyrrole nitrogens is 1. The molecule has 1 saturated carbocycles. The fourth-order valence-corrected chi connectivity index (χ4v) is 4.66. The van der Waals surface area contributed by atoms with E-state index < -0.39 is 6.43 Å². The number of aromatic nitrogens is 4. The van der Waals surface area contributed by atoms with Gasteiger partial charge in [0.1, 0.15) is 22.7 Å². The van der Waals surface area contributed by atoms with Gasteiger partial charge in [-0.3, -0.25) is 9.50 Å². The van der Waals surface area contributed by atoms with E-state index in [4.69, 9.17) is 12.4 Å². The topological polar surface area (TPSA) is 78.1 Å². The quantitative estimate of drug-likeness (QED) is 0.435. The van der Waals surface area contributed by atoms with Crippen LogP contribution in [0.3, 0.4) is 0 Å². The molecule has 0 bridgehead atoms. The molecule has 2 N–H and O–H groups in total. The van der Waals surface area contributed by atoms with Crippen molar-refractivity contribution in [3.05, 3.63) is 60.0 Å². The Hall–Kier alpha value is -3.27. The average molecular weight is 456 g/mol. The molecule has 0 spiro atoms. The number of carbonyl (C=O) groups is 1. The van der Waals surface area contributed by atoms with Crippen LogP contribution in [-0.4, -0.2) is 41.5 Å². The summed E-state index contributed by atoms with van der Waals surface area (Å²) in [5.41, 5.74) is 1.46. The van der Waals surface area contributed by atoms with Gasteiger partial charge >= 0.3 is 5.91 Å². The number of nitrogens with zero attached hydrogens (tertiary/aromatic N) is 4. The minimum Gasteiger partial charge on any atom is -0.368 e. The van der Waals surface area contributed by atoms with Crippen LogP contribution in [0.5, 0.6) is 0 Å². The number of aromatic amines is 1. The molecule has 0 atom stereocenters. The predicted molar refractivity (Wildman–Crippen MR) is 118 cm³/mol. The molecule has 0 unspecified atom stereocenters. The molecule has 1 aliphatic rings. The molecule has 1 amide bonds. The minimum absolute atomic E-state index is 0.0387. The number of pyridine rings is 1. The van der Waals surface area contributed by atoms with Gasteiger partial charge in [-0.1, -0.05) is 22.1 Å². The number of benzene rings is 1. The highest BCUT2D eigenvalue weighted by atomic mass is 32.1. The number of amides is 1. The largest absolute Gasteiger partial charge is 0.435 e. The van der Waals surface area contributed by atoms with Crippen LogP contribution >= 0.6 is 0 Å². The van der Waals surface area contributed by atoms with Gasteiger partial charge in [0.2, 0.25) is 0 Å². The van der Waals surface area contributed by atoms with E-state index in [-0.39, 0.29) is 23.7 Å². The van der Waals surface area contributed by atoms with Crippen molar-refractivity contribution < 1.29 is 17.5 Å². The Bertz CT molecular complexity index is 1310. The molecular weight excluding hydrogens is 434 g/mol. The molecule has 1 aliphatic carbocycles. The van der Waals surface area contributed by atoms with Gasteiger partial charge in [-0.05, 0) is 31.0 Å². The number of para-hydroxylation sites is 1. The maximum absolute atomic E-state index is 13.0. The summed E-state index contributed by atoms with van der Waals surface area (Å²) in [5, 5.41) is 11.2. The summed E-state index contributed by atoms with van der Waals surface area (Å²) in [6.07, 6.45) is 3.58. The summed E-state index contributed by atoms with van der Waals surface area (Å²) in [6.45, 7) is 0. The normalized spacial score (nSPS) is 19.0. The molecule has 0 aliphatic heterocycles. The molecule has 3 heterocycles. The number of carbonyl (C=O) groups excluding carboxylic acids is 1. The van der Waals surface area contributed by atoms with E-state index in [0.717, 1.165) is 36.9 Å². The van der Waals surface area contributed by atoms with Crippen LogP contribution in [0.1, 0.15) is 48.2 Å². The van der Waals surface area contributed by atoms with Crippen LogP contribution in [0.2, 0.25) is 0 Å². The van der Waals surface area contributed by atoms with Gasteiger partial charge in [0.25, 0.3) is 18.9 Å². The van der Waals surface area contributed by atoms with Gasteiger partial charge < -0.3 is 5.32 Å². The van der Waals surface area contributed by atoms with Crippen molar-refractivity contribution in [2.45, 2.75) is 44.2 Å². The van der Waals surface area contributed by atoms with Gasteiger partial charge in [-0.25, -0.2) is 18.6 Å². The summed E-state index contributed by atoms with van der Waals surface area (Å²) in [6, 6.07) is 10.9. The zero-order chi connectivity index (χ0) is 22.2. The minimum atomic E-state index is -2.61. The molecule has 164 valence electrons. The summed E-state index contributed by atoms with van der Waals surface area (Å²) >= 11 is 5.50. The van der Waals surface area contributed by atoms with Crippen molar-refractivity contribution >= 4 is 40.7 Å². The number of rotatable bonds is 5. The number of anilines is 1. The Labute approximate surface area is 187 Å². The summed E-state index contributed by atoms with van der Waals surface area (Å²) < 4.78 is 29.1. The monoisotopic (exact) mass is 455 g/mol. The van der Waals surface area contributed by atoms with E-state index in [1.807, 2.05) is 18.2 Å². The van der Waals surface area contributed by atoms with Crippen LogP contribution in [-0.2, 0) is 12.4 Å². The highest BCUT2D eigenvalue weighted by molar-refractivity contribution is 7.44. The zero-order valence-electron chi connectivity index (χ0n) is 17.0. The van der Waals surface area contributed by atoms with Crippen molar-refractivity contribution in [2.75, 3.05) is 5.32 Å². The van der Waals surface area contributed by atoms with Gasteiger partial charge in [0.15, 0.2) is 6.04 Å². The second-order valence-electron chi connectivity index (χ2n) is 8.03. The Kier molecular flexibility index (Phi) is 5.38. The molecule has 4 aromatic rings. The second kappa shape index (κ2) is 8.34. The maximum Gasteiger partial charge on any atom is 0.435 e. The zero-order valence-corrected chi connectivity index (χ0v) is 17.9. The molecule has 10 heteroatoms. The van der Waals surface area contributed by atoms with E-state index in [1.165, 1.54) is 10.1 Å². The van der Waals surface area contributed by atoms with Crippen LogP contribution in [0.25, 0.3) is 16.6 Å². The fourth-order valence-electron chi connectivity index (χ4n) is 4.35. The first-order chi connectivity index (χ1) is 15.5. The first-order valence-electron chi connectivity index (χ1n) is 10.5. The number of imidazole rings is 1. The molecule has 1 fully saturated rings. The number of alkyl halides is 2. The third-order valence-electron chi connectivity index (χ3n) is 6.02. The van der Waals surface area contributed by atoms with E-state index in [9.17, 15) is 13.6 Å². The van der Waals surface area contributed by atoms with Crippen LogP contribution in [0, 0.1) is 0 Å². The second-order valence-corrected chi connectivity index (χ2v) is 8.42. The highest BCUT2D eigenvalue weighted by Gasteiger charge is 2.35. The number of halogens is 2. The maximum atomic E-state index is 13.0. The van der Waals surface area contributed by atoms with Gasteiger partial charge in [-0.2, -0.15) is 5.10 Å². The van der Waals surface area contributed by atoms with E-state index >= 15 is 0 Å². The van der Waals surface area contributed by atoms with E-state index in [0.29, 0.717) is 16.7 Å². The van der Waals surface area contributed by atoms with Crippen LogP contribution in [0.15, 0.2) is 48.8 Å². The highest BCUT2D eigenvalue weighted by Crippen LogP contribution is 2.27. The Morgan fingerprint density at radius 2 is 1.97 bits per heavy atom. The van der Waals surface area contributed by atoms with E-state index in [2.05, 4.69) is 20.5 Å². The van der Waals surface area contributed by atoms with Crippen molar-refractivity contribution in [3.8, 4) is 0 Å². The first kappa shape index (κ1) is 20.6. The molecular formula is C22H21F2N6OS+. The first-order valence-corrected chi connectivity index (χ1v) is 10.8. The SMILES string of the molecule is O=C(c1cccc2cn[nH]c12)[N+](=S)C1CCC(Nc2cccc3nc(C(F)F)cn23)CC1. The third kappa shape index (κ3) is 3.75. The summed E-state index contributed by atoms with van der Waals surface area (Å²) in [4.78, 5) is 17.0. The lowest BCUT2D eigenvalue weighted by Gasteiger charge is -2.26. The summed E-state index contributed by atoms with van der Waals surface area (Å²) in [7, 11) is 0. The van der Waals surface area contributed by atoms with Crippen molar-refractivity contribution in [2.24, 2.45) is 0 Å². The molecule has 5 rings (SSSR count). The van der Waals surface area contributed by atoms with Gasteiger partial charge in [0.05, 0.1) is 11.7 Å². The van der Waals surface area contributed by atoms with Crippen molar-refractivity contribution in [1.29, 1.82) is 0 Å². The van der Waals surface area contributed by atoms with Crippen LogP contribution in [0.4, 0.5) is 14.6 Å². The lowest BCUT2D eigenvalue weighted by molar-refractivity contribution is -0.448. The predicted octanol–water partition coefficient (Wildman–Crippen LogP) is 4.45. The van der Waals surface area contributed by atoms with Gasteiger partial charge in [0, 0.05) is 30.5 Å². The standard InChI is InChI=1S/C22H20F2N6OS/c23-21(24)17-12-29-18(5-2-6-19(29)27-17)26-14-7-9-15(10-8-14)30(32)22(31)16-4-1-3-13-11-25-28-20(13)16/h1-6,11-12,14-15,21H,7-10H2,(H-,25,26,27,28,31)/p+1. The molecule has 0 saturated heterocycles. The third-order valence-corrected chi connectivity index (χ3v) is 6.49. The fraction of sp³-hybridized carbons (Fsp3) is 0.318. The number of hydrogen-bond donors (Lipinski definition) is 2. The molecule has 3 aromatic heterocycles. The summed E-state index contributed by atoms with van der Waals surface area (Å²) in [5.74, 6) is 0.525. The van der Waals surface area contributed by atoms with Gasteiger partial charge in [-0.15, -0.1) is 0 Å². The number of nitrogens with one attached hydrogen (secondary N) is 2. The lowest BCUT2D eigenvalue weighted by Crippen LogP contribution is -2.37. The van der Waals surface area contributed by atoms with E-state index in [1.54, 1.807) is 28.8 Å². The Balaban J connectivity index is 1.25. The Morgan fingerprint density at radius 3 is 2.75 bits per heavy atom. The number of hydrogen-bond acceptors (Lipinski definition) is 5. The van der Waals surface area contributed by atoms with Crippen molar-refractivity contribution in [1.82, 2.24) is 19.6 Å². The van der Waals surface area contributed by atoms with Crippen molar-refractivity contribution in [3.63, 3.8) is 0 Å². The van der Waals surface area contributed by atoms with Crippen LogP contribution < -0.4 is 5.32 Å². The molecule has 1 aromatic carbocycles. The molecule has 7 nitrogen and oxygen atoms in total. The Morgan fingerprint density at radius 1 is 1.19 bits per heavy atom. The smallest absolute Gasteiger partial charge is 0.368 e. The lowest BCUT2D eigenvalue weighted by atomic mass is 9.91. The average Bonchev–Trinajstić information content (AvgIpc) is 3.46.